The van der Waals surface area contributed by atoms with Crippen molar-refractivity contribution in [1.29, 1.82) is 0 Å². The molecule has 4 aliphatic rings. The van der Waals surface area contributed by atoms with E-state index in [0.717, 1.165) is 42.0 Å². The highest BCUT2D eigenvalue weighted by Gasteiger charge is 2.60. The number of phenols is 2. The van der Waals surface area contributed by atoms with Crippen LogP contribution in [0.15, 0.2) is 130 Å². The van der Waals surface area contributed by atoms with Crippen LogP contribution in [0.1, 0.15) is 64.8 Å². The maximum atomic E-state index is 14.5. The molecule has 8 unspecified atom stereocenters. The number of rotatable bonds is 8. The summed E-state index contributed by atoms with van der Waals surface area (Å²) in [4.78, 5) is 41.5. The first-order valence-corrected chi connectivity index (χ1v) is 21.8. The van der Waals surface area contributed by atoms with Crippen LogP contribution in [0.25, 0.3) is 21.5 Å². The summed E-state index contributed by atoms with van der Waals surface area (Å²) in [7, 11) is 0. The van der Waals surface area contributed by atoms with Gasteiger partial charge in [0.1, 0.15) is 17.2 Å². The van der Waals surface area contributed by atoms with E-state index in [2.05, 4.69) is 20.9 Å². The van der Waals surface area contributed by atoms with E-state index in [4.69, 9.17) is 21.8 Å². The smallest absolute Gasteiger partial charge is 0.259 e. The zero-order chi connectivity index (χ0) is 42.6. The molecule has 0 saturated heterocycles. The number of ketones is 1. The monoisotopic (exact) mass is 844 g/mol. The van der Waals surface area contributed by atoms with Gasteiger partial charge in [-0.25, -0.2) is 0 Å². The van der Waals surface area contributed by atoms with Gasteiger partial charge in [0, 0.05) is 28.3 Å². The Morgan fingerprint density at radius 1 is 0.613 bits per heavy atom. The number of halogens is 1. The van der Waals surface area contributed by atoms with Crippen LogP contribution in [0, 0.1) is 42.4 Å². The van der Waals surface area contributed by atoms with Gasteiger partial charge in [0.2, 0.25) is 0 Å². The Balaban J connectivity index is 0.886. The number of azo groups is 2. The second kappa shape index (κ2) is 16.1. The molecular weight excluding hydrogens is 800 g/mol. The van der Waals surface area contributed by atoms with Gasteiger partial charge < -0.3 is 20.8 Å². The van der Waals surface area contributed by atoms with E-state index >= 15 is 0 Å². The van der Waals surface area contributed by atoms with Gasteiger partial charge in [0.05, 0.1) is 33.9 Å². The summed E-state index contributed by atoms with van der Waals surface area (Å²) in [5.41, 5.74) is 2.62. The Hall–Kier alpha value is -6.46. The number of hydrogen-bond acceptors (Lipinski definition) is 9. The fourth-order valence-corrected chi connectivity index (χ4v) is 11.4. The van der Waals surface area contributed by atoms with Gasteiger partial charge in [-0.3, -0.25) is 14.4 Å². The van der Waals surface area contributed by atoms with Gasteiger partial charge in [0.25, 0.3) is 11.8 Å². The first kappa shape index (κ1) is 39.7. The van der Waals surface area contributed by atoms with Crippen LogP contribution in [0.4, 0.5) is 22.7 Å². The second-order valence-electron chi connectivity index (χ2n) is 17.4. The second-order valence-corrected chi connectivity index (χ2v) is 17.8. The summed E-state index contributed by atoms with van der Waals surface area (Å²) in [6.07, 6.45) is 4.75. The largest absolute Gasteiger partial charge is 0.505 e. The third kappa shape index (κ3) is 7.07. The first-order valence-electron chi connectivity index (χ1n) is 21.4. The molecule has 0 spiro atoms. The normalized spacial score (nSPS) is 25.4. The standard InChI is InChI=1S/C50H45ClN6O5/c1-26-10-2-8-16-40(26)52-49(61)37-22-27-11-3-5-13-33(27)44(47(37)59)56-54-31-20-29-18-19-30-21-32(25-36-43(30)42(29)35(24-31)46(36)58)55-57-45-34-14-6-4-12-28(34)23-38(48(45)60)50(62)53-41-17-9-7-15-39(41)51/h2-17,22-23,29-32,35-36,42-43,59-60H,18-21,24-25H2,1H3,(H,52,61)(H,53,62). The van der Waals surface area contributed by atoms with Crippen LogP contribution >= 0.6 is 11.6 Å². The fraction of sp³-hybridized carbons (Fsp3) is 0.300. The van der Waals surface area contributed by atoms with Crippen molar-refractivity contribution < 1.29 is 24.6 Å². The van der Waals surface area contributed by atoms with Crippen molar-refractivity contribution in [2.45, 2.75) is 57.5 Å². The number of carbonyl (C=O) groups excluding carboxylic acids is 3. The molecule has 0 heterocycles. The van der Waals surface area contributed by atoms with E-state index in [1.807, 2.05) is 79.7 Å². The molecule has 11 nitrogen and oxygen atoms in total. The first-order chi connectivity index (χ1) is 30.1. The zero-order valence-electron chi connectivity index (χ0n) is 34.0. The molecule has 4 aliphatic carbocycles. The lowest BCUT2D eigenvalue weighted by atomic mass is 9.57. The lowest BCUT2D eigenvalue weighted by molar-refractivity contribution is -0.126. The van der Waals surface area contributed by atoms with E-state index in [9.17, 15) is 24.6 Å². The SMILES string of the molecule is Cc1ccccc1NC(=O)c1cc2ccccc2c(N=NC2CC3CCC4CC(N=Nc5c(O)c(C(=O)Nc6ccccc6Cl)cc6ccccc56)CC5C(=O)C(C2)C3C45)c1O. The van der Waals surface area contributed by atoms with Gasteiger partial charge in [-0.05, 0) is 116 Å². The summed E-state index contributed by atoms with van der Waals surface area (Å²) in [5, 5.41) is 51.0. The van der Waals surface area contributed by atoms with E-state index < -0.39 is 11.8 Å². The number of fused-ring (bicyclic) bond motifs is 2. The molecule has 6 aromatic rings. The highest BCUT2D eigenvalue weighted by Crippen LogP contribution is 2.61. The maximum absolute atomic E-state index is 14.5. The molecule has 8 atom stereocenters. The van der Waals surface area contributed by atoms with Crippen molar-refractivity contribution in [1.82, 2.24) is 0 Å². The number of aryl methyl sites for hydroxylation is 1. The van der Waals surface area contributed by atoms with Crippen molar-refractivity contribution in [3.05, 3.63) is 131 Å². The third-order valence-electron chi connectivity index (χ3n) is 13.9. The van der Waals surface area contributed by atoms with E-state index in [0.29, 0.717) is 57.8 Å². The van der Waals surface area contributed by atoms with Crippen molar-refractivity contribution in [2.75, 3.05) is 10.6 Å². The summed E-state index contributed by atoms with van der Waals surface area (Å²) < 4.78 is 0. The van der Waals surface area contributed by atoms with Crippen molar-refractivity contribution in [3.8, 4) is 11.5 Å². The van der Waals surface area contributed by atoms with E-state index in [1.54, 1.807) is 36.4 Å². The van der Waals surface area contributed by atoms with Gasteiger partial charge in [-0.15, -0.1) is 0 Å². The summed E-state index contributed by atoms with van der Waals surface area (Å²) in [6.45, 7) is 1.91. The van der Waals surface area contributed by atoms with Crippen LogP contribution in [-0.4, -0.2) is 39.9 Å². The molecule has 62 heavy (non-hydrogen) atoms. The van der Waals surface area contributed by atoms with Crippen LogP contribution in [-0.2, 0) is 4.79 Å². The number of nitrogens with zero attached hydrogens (tertiary/aromatic N) is 4. The molecule has 0 bridgehead atoms. The molecule has 12 heteroatoms. The Labute approximate surface area is 363 Å². The van der Waals surface area contributed by atoms with Gasteiger partial charge in [-0.2, -0.15) is 20.5 Å². The van der Waals surface area contributed by atoms with E-state index in [1.165, 1.54) is 0 Å². The number of Topliss-reactive ketones (excluding diaryl/α,β-unsaturated/α-hetero) is 1. The molecule has 2 amide bonds. The number of carbonyl (C=O) groups is 3. The van der Waals surface area contributed by atoms with Crippen molar-refractivity contribution in [2.24, 2.45) is 56.0 Å². The molecule has 4 N–H and O–H groups in total. The Bertz CT molecular complexity index is 2670. The summed E-state index contributed by atoms with van der Waals surface area (Å²) >= 11 is 6.31. The highest BCUT2D eigenvalue weighted by molar-refractivity contribution is 6.34. The van der Waals surface area contributed by atoms with Crippen molar-refractivity contribution in [3.63, 3.8) is 0 Å². The van der Waals surface area contributed by atoms with Gasteiger partial charge >= 0.3 is 0 Å². The molecule has 0 aliphatic heterocycles. The molecule has 312 valence electrons. The van der Waals surface area contributed by atoms with E-state index in [-0.39, 0.29) is 69.6 Å². The number of nitrogens with one attached hydrogen (secondary N) is 2. The summed E-state index contributed by atoms with van der Waals surface area (Å²) in [6, 6.07) is 32.2. The topological polar surface area (TPSA) is 165 Å². The quantitative estimate of drug-likeness (QED) is 0.112. The van der Waals surface area contributed by atoms with Crippen molar-refractivity contribution >= 4 is 73.5 Å². The predicted octanol–water partition coefficient (Wildman–Crippen LogP) is 12.1. The molecule has 6 aromatic carbocycles. The minimum absolute atomic E-state index is 0.0566. The number of phenolic OH excluding ortho intramolecular Hbond substituents is 2. The molecule has 10 rings (SSSR count). The highest BCUT2D eigenvalue weighted by atomic mass is 35.5. The number of para-hydroxylation sites is 2. The predicted molar refractivity (Wildman–Crippen MR) is 240 cm³/mol. The molecule has 0 aromatic heterocycles. The number of aromatic hydroxyl groups is 2. The summed E-state index contributed by atoms with van der Waals surface area (Å²) in [5.74, 6) is -0.214. The Kier molecular flexibility index (Phi) is 10.3. The zero-order valence-corrected chi connectivity index (χ0v) is 34.8. The number of amides is 2. The number of anilines is 2. The maximum Gasteiger partial charge on any atom is 0.259 e. The lowest BCUT2D eigenvalue weighted by Gasteiger charge is -2.48. The van der Waals surface area contributed by atoms with Crippen LogP contribution < -0.4 is 10.6 Å². The van der Waals surface area contributed by atoms with Crippen LogP contribution in [0.2, 0.25) is 5.02 Å². The Morgan fingerprint density at radius 3 is 1.58 bits per heavy atom. The average molecular weight is 845 g/mol. The molecule has 0 radical (unpaired) electrons. The average Bonchev–Trinajstić information content (AvgIpc) is 3.57. The molecular formula is C50H45ClN6O5. The minimum Gasteiger partial charge on any atom is -0.505 e. The van der Waals surface area contributed by atoms with Crippen LogP contribution in [0.3, 0.4) is 0 Å². The Morgan fingerprint density at radius 2 is 1.06 bits per heavy atom. The molecule has 4 saturated carbocycles. The number of hydrogen-bond donors (Lipinski definition) is 4. The fourth-order valence-electron chi connectivity index (χ4n) is 11.2. The van der Waals surface area contributed by atoms with Gasteiger partial charge in [0.15, 0.2) is 11.5 Å². The van der Waals surface area contributed by atoms with Gasteiger partial charge in [-0.1, -0.05) is 90.5 Å². The minimum atomic E-state index is -0.521. The van der Waals surface area contributed by atoms with Crippen LogP contribution in [0.5, 0.6) is 11.5 Å². The third-order valence-corrected chi connectivity index (χ3v) is 14.3. The lowest BCUT2D eigenvalue weighted by Crippen LogP contribution is -2.44. The molecule has 4 fully saturated rings. The number of benzene rings is 6.